The molecule has 1 aliphatic rings. The maximum Gasteiger partial charge on any atom is 0.238 e. The van der Waals surface area contributed by atoms with Crippen LogP contribution in [0.1, 0.15) is 19.4 Å². The van der Waals surface area contributed by atoms with Crippen molar-refractivity contribution in [3.05, 3.63) is 42.2 Å². The summed E-state index contributed by atoms with van der Waals surface area (Å²) in [6.07, 6.45) is 4.38. The number of hydrogen-bond acceptors (Lipinski definition) is 8. The van der Waals surface area contributed by atoms with Crippen molar-refractivity contribution < 1.29 is 17.9 Å². The number of morpholine rings is 1. The third-order valence-corrected chi connectivity index (χ3v) is 6.38. The fourth-order valence-electron chi connectivity index (χ4n) is 4.11. The summed E-state index contributed by atoms with van der Waals surface area (Å²) in [5.74, 6) is 0.528. The van der Waals surface area contributed by atoms with Gasteiger partial charge in [-0.25, -0.2) is 13.4 Å². The fourth-order valence-corrected chi connectivity index (χ4v) is 4.65. The molecule has 2 aromatic heterocycles. The average molecular weight is 482 g/mol. The van der Waals surface area contributed by atoms with Crippen molar-refractivity contribution >= 4 is 32.3 Å². The zero-order chi connectivity index (χ0) is 24.5. The van der Waals surface area contributed by atoms with Crippen molar-refractivity contribution in [2.24, 2.45) is 5.92 Å². The highest BCUT2D eigenvalue weighted by atomic mass is 32.2. The molecule has 9 nitrogen and oxygen atoms in total. The van der Waals surface area contributed by atoms with E-state index in [9.17, 15) is 13.7 Å². The Balaban J connectivity index is 1.84. The van der Waals surface area contributed by atoms with E-state index in [-0.39, 0.29) is 17.7 Å². The Kier molecular flexibility index (Phi) is 6.59. The van der Waals surface area contributed by atoms with Crippen LogP contribution in [-0.4, -0.2) is 57.6 Å². The number of ether oxygens (including phenoxy) is 2. The van der Waals surface area contributed by atoms with Crippen molar-refractivity contribution in [3.63, 3.8) is 0 Å². The lowest BCUT2D eigenvalue weighted by molar-refractivity contribution is 0.0115. The molecule has 0 bridgehead atoms. The van der Waals surface area contributed by atoms with Crippen LogP contribution in [0, 0.1) is 17.2 Å². The molecule has 34 heavy (non-hydrogen) atoms. The summed E-state index contributed by atoms with van der Waals surface area (Å²) in [6.45, 7) is 6.19. The molecule has 3 heterocycles. The van der Waals surface area contributed by atoms with Crippen LogP contribution < -0.4 is 14.4 Å². The zero-order valence-electron chi connectivity index (χ0n) is 19.6. The molecule has 3 aromatic rings. The number of nitriles is 1. The highest BCUT2D eigenvalue weighted by Gasteiger charge is 2.26. The van der Waals surface area contributed by atoms with E-state index in [1.807, 2.05) is 18.2 Å². The predicted octanol–water partition coefficient (Wildman–Crippen LogP) is 3.41. The summed E-state index contributed by atoms with van der Waals surface area (Å²) in [4.78, 5) is 10.9. The van der Waals surface area contributed by atoms with E-state index in [0.29, 0.717) is 36.7 Å². The maximum atomic E-state index is 11.8. The van der Waals surface area contributed by atoms with Gasteiger partial charge in [-0.15, -0.1) is 0 Å². The summed E-state index contributed by atoms with van der Waals surface area (Å²) in [5.41, 5.74) is 3.86. The van der Waals surface area contributed by atoms with E-state index in [4.69, 9.17) is 9.47 Å². The Morgan fingerprint density at radius 2 is 2.03 bits per heavy atom. The number of methoxy groups -OCH3 is 1. The molecule has 1 N–H and O–H groups in total. The fraction of sp³-hybridized carbons (Fsp3) is 0.375. The van der Waals surface area contributed by atoms with Gasteiger partial charge in [0.1, 0.15) is 11.8 Å². The van der Waals surface area contributed by atoms with Crippen molar-refractivity contribution in [2.75, 3.05) is 42.7 Å². The van der Waals surface area contributed by atoms with E-state index in [1.165, 1.54) is 7.11 Å². The second kappa shape index (κ2) is 9.44. The lowest BCUT2D eigenvalue weighted by Crippen LogP contribution is -2.45. The number of anilines is 2. The number of fused-ring (bicyclic) bond motifs is 1. The molecule has 0 radical (unpaired) electrons. The Labute approximate surface area is 199 Å². The normalized spacial score (nSPS) is 16.5. The molecule has 1 aliphatic heterocycles. The van der Waals surface area contributed by atoms with Gasteiger partial charge in [-0.2, -0.15) is 5.26 Å². The lowest BCUT2D eigenvalue weighted by Gasteiger charge is -2.37. The number of rotatable bonds is 6. The molecule has 1 unspecified atom stereocenters. The van der Waals surface area contributed by atoms with Gasteiger partial charge in [0.15, 0.2) is 0 Å². The van der Waals surface area contributed by atoms with Gasteiger partial charge in [0, 0.05) is 36.4 Å². The Hall–Kier alpha value is -3.42. The van der Waals surface area contributed by atoms with Crippen molar-refractivity contribution in [1.82, 2.24) is 9.97 Å². The molecule has 0 spiro atoms. The van der Waals surface area contributed by atoms with Gasteiger partial charge >= 0.3 is 0 Å². The van der Waals surface area contributed by atoms with Crippen LogP contribution >= 0.6 is 0 Å². The second-order valence-electron chi connectivity index (χ2n) is 8.62. The molecular formula is C24H27N5O4S. The monoisotopic (exact) mass is 481 g/mol. The molecule has 0 aliphatic carbocycles. The third-order valence-electron chi connectivity index (χ3n) is 5.79. The minimum absolute atomic E-state index is 0.0714. The van der Waals surface area contributed by atoms with Crippen LogP contribution in [0.3, 0.4) is 0 Å². The van der Waals surface area contributed by atoms with E-state index in [1.54, 1.807) is 18.5 Å². The molecule has 1 fully saturated rings. The molecule has 10 heteroatoms. The standard InChI is InChI=1S/C24H27N5O4S/c1-15(2)22-14-29(7-8-33-22)23-18(11-25)13-26-20-6-5-16(9-19(20)23)17-10-21(28-34(4,30)31)24(32-3)27-12-17/h5-6,9-10,12-13,15,22,28H,7-8,14H2,1-4H3. The van der Waals surface area contributed by atoms with Crippen LogP contribution in [-0.2, 0) is 14.8 Å². The van der Waals surface area contributed by atoms with Crippen LogP contribution in [0.2, 0.25) is 0 Å². The molecule has 1 aromatic carbocycles. The second-order valence-corrected chi connectivity index (χ2v) is 10.4. The summed E-state index contributed by atoms with van der Waals surface area (Å²) in [7, 11) is -2.09. The molecule has 1 atom stereocenters. The molecule has 0 saturated carbocycles. The first-order valence-corrected chi connectivity index (χ1v) is 12.8. The van der Waals surface area contributed by atoms with Gasteiger partial charge in [-0.3, -0.25) is 9.71 Å². The van der Waals surface area contributed by atoms with Gasteiger partial charge in [-0.05, 0) is 29.7 Å². The summed E-state index contributed by atoms with van der Waals surface area (Å²) in [5, 5.41) is 10.7. The lowest BCUT2D eigenvalue weighted by atomic mass is 10.00. The first kappa shape index (κ1) is 23.7. The van der Waals surface area contributed by atoms with Crippen LogP contribution in [0.15, 0.2) is 36.7 Å². The summed E-state index contributed by atoms with van der Waals surface area (Å²) >= 11 is 0. The number of hydrogen-bond donors (Lipinski definition) is 1. The number of aromatic nitrogens is 2. The topological polar surface area (TPSA) is 117 Å². The van der Waals surface area contributed by atoms with E-state index < -0.39 is 10.0 Å². The number of benzene rings is 1. The molecule has 1 saturated heterocycles. The van der Waals surface area contributed by atoms with E-state index in [2.05, 4.69) is 39.5 Å². The van der Waals surface area contributed by atoms with Gasteiger partial charge in [0.2, 0.25) is 15.9 Å². The van der Waals surface area contributed by atoms with E-state index >= 15 is 0 Å². The van der Waals surface area contributed by atoms with Gasteiger partial charge in [0.05, 0.1) is 42.8 Å². The van der Waals surface area contributed by atoms with Crippen LogP contribution in [0.5, 0.6) is 5.88 Å². The Bertz CT molecular complexity index is 1370. The quantitative estimate of drug-likeness (QED) is 0.569. The van der Waals surface area contributed by atoms with E-state index in [0.717, 1.165) is 28.4 Å². The van der Waals surface area contributed by atoms with Crippen LogP contribution in [0.25, 0.3) is 22.0 Å². The molecular weight excluding hydrogens is 454 g/mol. The maximum absolute atomic E-state index is 11.8. The number of nitrogens with zero attached hydrogens (tertiary/aromatic N) is 4. The predicted molar refractivity (Wildman–Crippen MR) is 131 cm³/mol. The zero-order valence-corrected chi connectivity index (χ0v) is 20.4. The minimum Gasteiger partial charge on any atom is -0.480 e. The highest BCUT2D eigenvalue weighted by molar-refractivity contribution is 7.92. The van der Waals surface area contributed by atoms with Crippen LogP contribution in [0.4, 0.5) is 11.4 Å². The van der Waals surface area contributed by atoms with Crippen molar-refractivity contribution in [2.45, 2.75) is 20.0 Å². The van der Waals surface area contributed by atoms with Gasteiger partial charge in [-0.1, -0.05) is 19.9 Å². The molecule has 0 amide bonds. The molecule has 4 rings (SSSR count). The first-order valence-electron chi connectivity index (χ1n) is 10.9. The number of pyridine rings is 2. The minimum atomic E-state index is -3.52. The van der Waals surface area contributed by atoms with Crippen molar-refractivity contribution in [3.8, 4) is 23.1 Å². The molecule has 178 valence electrons. The largest absolute Gasteiger partial charge is 0.480 e. The summed E-state index contributed by atoms with van der Waals surface area (Å²) < 4.78 is 37.2. The highest BCUT2D eigenvalue weighted by Crippen LogP contribution is 2.35. The van der Waals surface area contributed by atoms with Crippen molar-refractivity contribution in [1.29, 1.82) is 5.26 Å². The average Bonchev–Trinajstić information content (AvgIpc) is 2.81. The third kappa shape index (κ3) is 4.90. The first-order chi connectivity index (χ1) is 16.2. The Morgan fingerprint density at radius 3 is 2.71 bits per heavy atom. The van der Waals surface area contributed by atoms with Gasteiger partial charge < -0.3 is 14.4 Å². The Morgan fingerprint density at radius 1 is 1.24 bits per heavy atom. The number of nitrogens with one attached hydrogen (secondary N) is 1. The van der Waals surface area contributed by atoms with Gasteiger partial charge in [0.25, 0.3) is 0 Å². The summed E-state index contributed by atoms with van der Waals surface area (Å²) in [6, 6.07) is 9.72. The SMILES string of the molecule is COc1ncc(-c2ccc3ncc(C#N)c(N4CCOC(C(C)C)C4)c3c2)cc1NS(C)(=O)=O. The number of sulfonamides is 1. The smallest absolute Gasteiger partial charge is 0.238 e.